The normalized spacial score (nSPS) is 7.54. The average molecular weight is 186 g/mol. The highest BCUT2D eigenvalue weighted by molar-refractivity contribution is 5.40. The number of nitrogens with two attached hydrogens (primary N) is 2. The van der Waals surface area contributed by atoms with Crippen molar-refractivity contribution in [3.05, 3.63) is 29.6 Å². The van der Waals surface area contributed by atoms with E-state index in [1.165, 1.54) is 13.1 Å². The Hall–Kier alpha value is -1.09. The highest BCUT2D eigenvalue weighted by atomic mass is 19.1. The van der Waals surface area contributed by atoms with Crippen molar-refractivity contribution in [1.29, 1.82) is 0 Å². The fraction of sp³-hybridized carbons (Fsp3) is 0.400. The van der Waals surface area contributed by atoms with E-state index in [0.717, 1.165) is 5.56 Å². The number of anilines is 1. The van der Waals surface area contributed by atoms with Gasteiger partial charge in [0.1, 0.15) is 5.82 Å². The van der Waals surface area contributed by atoms with Gasteiger partial charge >= 0.3 is 0 Å². The number of benzene rings is 1. The zero-order chi connectivity index (χ0) is 10.9. The van der Waals surface area contributed by atoms with E-state index >= 15 is 0 Å². The molecule has 1 rings (SSSR count). The lowest BCUT2D eigenvalue weighted by atomic mass is 10.2. The van der Waals surface area contributed by atoms with Crippen LogP contribution in [0.4, 0.5) is 10.1 Å². The maximum atomic E-state index is 12.5. The summed E-state index contributed by atoms with van der Waals surface area (Å²) < 4.78 is 12.5. The molecule has 0 saturated carbocycles. The summed E-state index contributed by atoms with van der Waals surface area (Å²) in [6.07, 6.45) is 0. The van der Waals surface area contributed by atoms with Gasteiger partial charge in [-0.2, -0.15) is 0 Å². The fourth-order valence-electron chi connectivity index (χ4n) is 0.632. The summed E-state index contributed by atoms with van der Waals surface area (Å²) in [7, 11) is 1.50. The number of halogens is 1. The number of rotatable bonds is 0. The van der Waals surface area contributed by atoms with Gasteiger partial charge in [0.05, 0.1) is 5.69 Å². The van der Waals surface area contributed by atoms with Gasteiger partial charge in [0, 0.05) is 0 Å². The van der Waals surface area contributed by atoms with Crippen molar-refractivity contribution in [3.8, 4) is 0 Å². The predicted molar refractivity (Wildman–Crippen MR) is 57.0 cm³/mol. The van der Waals surface area contributed by atoms with Gasteiger partial charge in [0.2, 0.25) is 0 Å². The van der Waals surface area contributed by atoms with Crippen molar-refractivity contribution in [2.24, 2.45) is 5.73 Å². The molecular weight excluding hydrogens is 167 g/mol. The van der Waals surface area contributed by atoms with Crippen LogP contribution in [0.1, 0.15) is 19.4 Å². The number of hydrogen-bond acceptors (Lipinski definition) is 2. The average Bonchev–Trinajstić information content (AvgIpc) is 2.18. The lowest BCUT2D eigenvalue weighted by Gasteiger charge is -1.94. The molecule has 1 aromatic carbocycles. The van der Waals surface area contributed by atoms with E-state index in [2.05, 4.69) is 5.73 Å². The first kappa shape index (κ1) is 14.4. The van der Waals surface area contributed by atoms with Crippen LogP contribution in [0.2, 0.25) is 0 Å². The Bertz CT molecular complexity index is 224. The summed E-state index contributed by atoms with van der Waals surface area (Å²) >= 11 is 0. The molecule has 76 valence electrons. The summed E-state index contributed by atoms with van der Waals surface area (Å²) in [5, 5.41) is 0. The molecule has 0 heterocycles. The molecule has 1 aromatic rings. The quantitative estimate of drug-likeness (QED) is 0.611. The van der Waals surface area contributed by atoms with Gasteiger partial charge in [-0.15, -0.1) is 0 Å². The van der Waals surface area contributed by atoms with Crippen molar-refractivity contribution in [2.75, 3.05) is 12.8 Å². The molecule has 0 bridgehead atoms. The van der Waals surface area contributed by atoms with Crippen LogP contribution in [0.15, 0.2) is 18.2 Å². The standard InChI is InChI=1S/C7H8FN.C2H6.CH5N/c1-5-2-3-7(9)6(8)4-5;2*1-2/h2-4H,9H2,1H3;1-2H3;2H2,1H3. The zero-order valence-corrected chi connectivity index (χ0v) is 8.76. The molecule has 0 fully saturated rings. The third-order valence-corrected chi connectivity index (χ3v) is 1.16. The van der Waals surface area contributed by atoms with Crippen LogP contribution in [0.25, 0.3) is 0 Å². The molecule has 0 aliphatic rings. The highest BCUT2D eigenvalue weighted by Gasteiger charge is 1.94. The van der Waals surface area contributed by atoms with Gasteiger partial charge in [-0.3, -0.25) is 0 Å². The minimum absolute atomic E-state index is 0.209. The third-order valence-electron chi connectivity index (χ3n) is 1.16. The van der Waals surface area contributed by atoms with E-state index in [1.807, 2.05) is 20.8 Å². The highest BCUT2D eigenvalue weighted by Crippen LogP contribution is 2.10. The molecule has 0 aromatic heterocycles. The molecule has 0 spiro atoms. The first-order valence-corrected chi connectivity index (χ1v) is 4.29. The van der Waals surface area contributed by atoms with Crippen LogP contribution in [0.3, 0.4) is 0 Å². The van der Waals surface area contributed by atoms with Crippen LogP contribution in [-0.4, -0.2) is 7.05 Å². The minimum Gasteiger partial charge on any atom is -0.396 e. The topological polar surface area (TPSA) is 52.0 Å². The van der Waals surface area contributed by atoms with Gasteiger partial charge < -0.3 is 11.5 Å². The van der Waals surface area contributed by atoms with Crippen LogP contribution in [0.5, 0.6) is 0 Å². The van der Waals surface area contributed by atoms with Crippen molar-refractivity contribution >= 4 is 5.69 Å². The molecule has 4 N–H and O–H groups in total. The van der Waals surface area contributed by atoms with Gasteiger partial charge in [0.25, 0.3) is 0 Å². The smallest absolute Gasteiger partial charge is 0.146 e. The Morgan fingerprint density at radius 3 is 1.92 bits per heavy atom. The Labute approximate surface area is 79.7 Å². The number of hydrogen-bond donors (Lipinski definition) is 2. The summed E-state index contributed by atoms with van der Waals surface area (Å²) in [4.78, 5) is 0. The summed E-state index contributed by atoms with van der Waals surface area (Å²) in [6.45, 7) is 5.82. The Kier molecular flexibility index (Phi) is 10.00. The van der Waals surface area contributed by atoms with Crippen molar-refractivity contribution in [1.82, 2.24) is 0 Å². The summed E-state index contributed by atoms with van der Waals surface area (Å²) in [5.74, 6) is -0.338. The first-order chi connectivity index (χ1) is 6.20. The fourth-order valence-corrected chi connectivity index (χ4v) is 0.632. The van der Waals surface area contributed by atoms with E-state index in [-0.39, 0.29) is 11.5 Å². The molecule has 0 amide bonds. The van der Waals surface area contributed by atoms with E-state index in [0.29, 0.717) is 0 Å². The SMILES string of the molecule is CC.CN.Cc1ccc(N)c(F)c1. The van der Waals surface area contributed by atoms with Gasteiger partial charge in [-0.05, 0) is 31.7 Å². The van der Waals surface area contributed by atoms with E-state index < -0.39 is 0 Å². The molecule has 13 heavy (non-hydrogen) atoms. The molecule has 0 radical (unpaired) electrons. The largest absolute Gasteiger partial charge is 0.396 e. The van der Waals surface area contributed by atoms with Crippen LogP contribution in [0, 0.1) is 12.7 Å². The second kappa shape index (κ2) is 9.00. The van der Waals surface area contributed by atoms with Gasteiger partial charge in [-0.25, -0.2) is 4.39 Å². The maximum Gasteiger partial charge on any atom is 0.146 e. The molecular formula is C10H19FN2. The van der Waals surface area contributed by atoms with Crippen molar-refractivity contribution < 1.29 is 4.39 Å². The molecule has 2 nitrogen and oxygen atoms in total. The molecule has 3 heteroatoms. The predicted octanol–water partition coefficient (Wildman–Crippen LogP) is 2.32. The second-order valence-electron chi connectivity index (χ2n) is 2.02. The molecule has 0 unspecified atom stereocenters. The lowest BCUT2D eigenvalue weighted by molar-refractivity contribution is 0.631. The summed E-state index contributed by atoms with van der Waals surface area (Å²) in [5.41, 5.74) is 10.8. The van der Waals surface area contributed by atoms with E-state index in [1.54, 1.807) is 12.1 Å². The Morgan fingerprint density at radius 1 is 1.15 bits per heavy atom. The minimum atomic E-state index is -0.338. The van der Waals surface area contributed by atoms with Crippen molar-refractivity contribution in [2.45, 2.75) is 20.8 Å². The Balaban J connectivity index is 0. The molecule has 0 aliphatic carbocycles. The van der Waals surface area contributed by atoms with Crippen molar-refractivity contribution in [3.63, 3.8) is 0 Å². The zero-order valence-electron chi connectivity index (χ0n) is 8.76. The summed E-state index contributed by atoms with van der Waals surface area (Å²) in [6, 6.07) is 4.75. The third kappa shape index (κ3) is 6.11. The van der Waals surface area contributed by atoms with E-state index in [4.69, 9.17) is 5.73 Å². The van der Waals surface area contributed by atoms with Crippen LogP contribution < -0.4 is 11.5 Å². The maximum absolute atomic E-state index is 12.5. The monoisotopic (exact) mass is 186 g/mol. The Morgan fingerprint density at radius 2 is 1.62 bits per heavy atom. The number of nitrogen functional groups attached to an aromatic ring is 1. The molecule has 0 aliphatic heterocycles. The van der Waals surface area contributed by atoms with Crippen LogP contribution in [-0.2, 0) is 0 Å². The van der Waals surface area contributed by atoms with Crippen LogP contribution >= 0.6 is 0 Å². The lowest BCUT2D eigenvalue weighted by Crippen LogP contribution is -1.89. The second-order valence-corrected chi connectivity index (χ2v) is 2.02. The van der Waals surface area contributed by atoms with E-state index in [9.17, 15) is 4.39 Å². The molecule has 0 saturated heterocycles. The number of aryl methyl sites for hydroxylation is 1. The molecule has 0 atom stereocenters. The van der Waals surface area contributed by atoms with Gasteiger partial charge in [-0.1, -0.05) is 19.9 Å². The van der Waals surface area contributed by atoms with Gasteiger partial charge in [0.15, 0.2) is 0 Å². The first-order valence-electron chi connectivity index (χ1n) is 4.29.